The molecule has 0 radical (unpaired) electrons. The topological polar surface area (TPSA) is 75.4 Å². The molecule has 1 aliphatic heterocycles. The summed E-state index contributed by atoms with van der Waals surface area (Å²) in [6.07, 6.45) is 1.35. The molecule has 1 aliphatic rings. The molecular weight excluding hydrogens is 408 g/mol. The Morgan fingerprint density at radius 3 is 2.78 bits per heavy atom. The van der Waals surface area contributed by atoms with Gasteiger partial charge in [0.2, 0.25) is 5.91 Å². The van der Waals surface area contributed by atoms with Crippen molar-refractivity contribution in [1.29, 1.82) is 0 Å². The summed E-state index contributed by atoms with van der Waals surface area (Å²) in [5.41, 5.74) is 1.02. The molecule has 0 unspecified atom stereocenters. The fourth-order valence-electron chi connectivity index (χ4n) is 3.94. The van der Waals surface area contributed by atoms with Gasteiger partial charge >= 0.3 is 0 Å². The van der Waals surface area contributed by atoms with Crippen molar-refractivity contribution in [3.05, 3.63) is 60.1 Å². The number of rotatable bonds is 12. The molecule has 32 heavy (non-hydrogen) atoms. The number of amides is 1. The Bertz CT molecular complexity index is 781. The van der Waals surface area contributed by atoms with Crippen LogP contribution in [-0.4, -0.2) is 79.0 Å². The Kier molecular flexibility index (Phi) is 9.74. The number of carbonyl (C=O) groups is 1. The maximum absolute atomic E-state index is 13.0. The van der Waals surface area contributed by atoms with Gasteiger partial charge in [-0.15, -0.1) is 0 Å². The number of hydrogen-bond donors (Lipinski definition) is 1. The van der Waals surface area contributed by atoms with Gasteiger partial charge in [-0.2, -0.15) is 0 Å². The molecule has 176 valence electrons. The molecule has 7 nitrogen and oxygen atoms in total. The number of aliphatic hydroxyl groups is 1. The molecule has 7 heteroatoms. The lowest BCUT2D eigenvalue weighted by Gasteiger charge is -2.37. The molecule has 1 aromatic carbocycles. The van der Waals surface area contributed by atoms with Crippen LogP contribution in [0.15, 0.2) is 53.1 Å². The molecule has 1 aromatic heterocycles. The average molecular weight is 445 g/mol. The molecule has 1 fully saturated rings. The van der Waals surface area contributed by atoms with Crippen LogP contribution < -0.4 is 0 Å². The van der Waals surface area contributed by atoms with Gasteiger partial charge in [0.1, 0.15) is 12.4 Å². The second kappa shape index (κ2) is 12.7. The van der Waals surface area contributed by atoms with Crippen LogP contribution in [0, 0.1) is 5.92 Å². The number of ether oxygens (including phenoxy) is 2. The number of nitrogens with zero attached hydrogens (tertiary/aromatic N) is 2. The molecule has 1 N–H and O–H groups in total. The number of carbonyl (C=O) groups excluding carboxylic acids is 1. The maximum Gasteiger partial charge on any atom is 0.227 e. The first kappa shape index (κ1) is 24.5. The highest BCUT2D eigenvalue weighted by molar-refractivity contribution is 5.78. The molecule has 0 spiro atoms. The van der Waals surface area contributed by atoms with Gasteiger partial charge in [-0.25, -0.2) is 0 Å². The maximum atomic E-state index is 13.0. The first-order valence-corrected chi connectivity index (χ1v) is 11.4. The van der Waals surface area contributed by atoms with Crippen molar-refractivity contribution in [3.8, 4) is 0 Å². The Labute approximate surface area is 190 Å². The highest BCUT2D eigenvalue weighted by atomic mass is 16.5. The lowest BCUT2D eigenvalue weighted by molar-refractivity contribution is -0.135. The highest BCUT2D eigenvalue weighted by Crippen LogP contribution is 2.12. The average Bonchev–Trinajstić information content (AvgIpc) is 3.27. The monoisotopic (exact) mass is 444 g/mol. The summed E-state index contributed by atoms with van der Waals surface area (Å²) in [6, 6.07) is 13.5. The molecule has 1 amide bonds. The van der Waals surface area contributed by atoms with Gasteiger partial charge in [-0.05, 0) is 23.6 Å². The van der Waals surface area contributed by atoms with E-state index in [1.165, 1.54) is 0 Å². The van der Waals surface area contributed by atoms with E-state index in [4.69, 9.17) is 13.9 Å². The van der Waals surface area contributed by atoms with Gasteiger partial charge in [0, 0.05) is 32.7 Å². The summed E-state index contributed by atoms with van der Waals surface area (Å²) in [7, 11) is 0. The quantitative estimate of drug-likeness (QED) is 0.542. The van der Waals surface area contributed by atoms with E-state index in [0.717, 1.165) is 17.9 Å². The highest BCUT2D eigenvalue weighted by Gasteiger charge is 2.26. The SMILES string of the molecule is CC(C)CN(C[C@@H]1CN(C[C@H](O)COCc2ccco2)CCO1)C(=O)Cc1ccccc1. The first-order valence-electron chi connectivity index (χ1n) is 11.4. The van der Waals surface area contributed by atoms with Crippen molar-refractivity contribution in [3.63, 3.8) is 0 Å². The Hall–Kier alpha value is -2.19. The zero-order valence-corrected chi connectivity index (χ0v) is 19.2. The van der Waals surface area contributed by atoms with E-state index in [0.29, 0.717) is 51.7 Å². The summed E-state index contributed by atoms with van der Waals surface area (Å²) in [6.45, 7) is 8.65. The van der Waals surface area contributed by atoms with E-state index in [1.54, 1.807) is 6.26 Å². The number of morpholine rings is 1. The molecule has 2 heterocycles. The zero-order chi connectivity index (χ0) is 22.8. The molecule has 0 bridgehead atoms. The number of benzene rings is 1. The van der Waals surface area contributed by atoms with Crippen molar-refractivity contribution < 1.29 is 23.8 Å². The van der Waals surface area contributed by atoms with Gasteiger partial charge in [0.15, 0.2) is 0 Å². The van der Waals surface area contributed by atoms with Crippen LogP contribution in [0.25, 0.3) is 0 Å². The van der Waals surface area contributed by atoms with Crippen LogP contribution in [0.2, 0.25) is 0 Å². The lowest BCUT2D eigenvalue weighted by atomic mass is 10.1. The van der Waals surface area contributed by atoms with Gasteiger partial charge in [-0.3, -0.25) is 9.69 Å². The number of furan rings is 1. The third-order valence-corrected chi connectivity index (χ3v) is 5.39. The predicted octanol–water partition coefficient (Wildman–Crippen LogP) is 2.59. The van der Waals surface area contributed by atoms with Gasteiger partial charge in [0.05, 0.1) is 38.1 Å². The lowest BCUT2D eigenvalue weighted by Crippen LogP contribution is -2.51. The second-order valence-corrected chi connectivity index (χ2v) is 8.86. The van der Waals surface area contributed by atoms with Gasteiger partial charge in [-0.1, -0.05) is 44.2 Å². The fourth-order valence-corrected chi connectivity index (χ4v) is 3.94. The zero-order valence-electron chi connectivity index (χ0n) is 19.2. The normalized spacial score (nSPS) is 18.1. The van der Waals surface area contributed by atoms with E-state index >= 15 is 0 Å². The van der Waals surface area contributed by atoms with Crippen molar-refractivity contribution in [2.75, 3.05) is 45.9 Å². The largest absolute Gasteiger partial charge is 0.467 e. The van der Waals surface area contributed by atoms with Crippen LogP contribution in [0.3, 0.4) is 0 Å². The minimum absolute atomic E-state index is 0.0709. The molecule has 2 atom stereocenters. The Balaban J connectivity index is 1.46. The van der Waals surface area contributed by atoms with Crippen molar-refractivity contribution in [2.24, 2.45) is 5.92 Å². The minimum atomic E-state index is -0.588. The van der Waals surface area contributed by atoms with Gasteiger partial charge < -0.3 is 23.9 Å². The number of hydrogen-bond acceptors (Lipinski definition) is 6. The standard InChI is InChI=1S/C25H36N2O5/c1-20(2)14-27(25(29)13-21-7-4-3-5-8-21)17-24-16-26(10-12-32-24)15-22(28)18-30-19-23-9-6-11-31-23/h3-9,11,20,22,24,28H,10,12-19H2,1-2H3/t22-,24-/m0/s1. The summed E-state index contributed by atoms with van der Waals surface area (Å²) in [4.78, 5) is 17.1. The third kappa shape index (κ3) is 8.39. The fraction of sp³-hybridized carbons (Fsp3) is 0.560. The predicted molar refractivity (Wildman–Crippen MR) is 122 cm³/mol. The summed E-state index contributed by atoms with van der Waals surface area (Å²) in [5, 5.41) is 10.4. The van der Waals surface area contributed by atoms with Crippen molar-refractivity contribution >= 4 is 5.91 Å². The number of aliphatic hydroxyl groups excluding tert-OH is 1. The molecular formula is C25H36N2O5. The van der Waals surface area contributed by atoms with E-state index in [9.17, 15) is 9.90 Å². The molecule has 2 aromatic rings. The van der Waals surface area contributed by atoms with Crippen LogP contribution >= 0.6 is 0 Å². The second-order valence-electron chi connectivity index (χ2n) is 8.86. The summed E-state index contributed by atoms with van der Waals surface area (Å²) < 4.78 is 16.8. The third-order valence-electron chi connectivity index (χ3n) is 5.39. The van der Waals surface area contributed by atoms with Crippen LogP contribution in [0.1, 0.15) is 25.2 Å². The van der Waals surface area contributed by atoms with E-state index in [2.05, 4.69) is 18.7 Å². The molecule has 1 saturated heterocycles. The van der Waals surface area contributed by atoms with E-state index in [1.807, 2.05) is 47.4 Å². The van der Waals surface area contributed by atoms with E-state index in [-0.39, 0.29) is 18.6 Å². The van der Waals surface area contributed by atoms with Crippen LogP contribution in [-0.2, 0) is 27.3 Å². The molecule has 3 rings (SSSR count). The molecule has 0 aliphatic carbocycles. The van der Waals surface area contributed by atoms with Crippen LogP contribution in [0.4, 0.5) is 0 Å². The summed E-state index contributed by atoms with van der Waals surface area (Å²) in [5.74, 6) is 1.24. The number of β-amino-alcohol motifs (C(OH)–C–C–N with tert-alkyl or cyclic N) is 1. The smallest absolute Gasteiger partial charge is 0.227 e. The van der Waals surface area contributed by atoms with Crippen molar-refractivity contribution in [2.45, 2.75) is 39.1 Å². The van der Waals surface area contributed by atoms with E-state index < -0.39 is 6.10 Å². The Morgan fingerprint density at radius 2 is 2.06 bits per heavy atom. The Morgan fingerprint density at radius 1 is 1.25 bits per heavy atom. The van der Waals surface area contributed by atoms with Gasteiger partial charge in [0.25, 0.3) is 0 Å². The molecule has 0 saturated carbocycles. The first-order chi connectivity index (χ1) is 15.5. The van der Waals surface area contributed by atoms with Crippen LogP contribution in [0.5, 0.6) is 0 Å². The summed E-state index contributed by atoms with van der Waals surface area (Å²) >= 11 is 0. The minimum Gasteiger partial charge on any atom is -0.467 e. The van der Waals surface area contributed by atoms with Crippen molar-refractivity contribution in [1.82, 2.24) is 9.80 Å².